The molecule has 1 aliphatic heterocycles. The van der Waals surface area contributed by atoms with Crippen molar-refractivity contribution in [3.8, 4) is 0 Å². The van der Waals surface area contributed by atoms with E-state index in [1.54, 1.807) is 4.90 Å². The maximum absolute atomic E-state index is 11.0. The zero-order valence-corrected chi connectivity index (χ0v) is 6.64. The lowest BCUT2D eigenvalue weighted by Gasteiger charge is -2.25. The SMILES string of the molecule is O=C1COCCN1CCS. The molecule has 0 radical (unpaired) electrons. The van der Waals surface area contributed by atoms with Crippen LogP contribution in [0, 0.1) is 0 Å². The van der Waals surface area contributed by atoms with E-state index in [0.29, 0.717) is 6.61 Å². The summed E-state index contributed by atoms with van der Waals surface area (Å²) < 4.78 is 4.94. The van der Waals surface area contributed by atoms with Crippen molar-refractivity contribution in [3.63, 3.8) is 0 Å². The number of morpholine rings is 1. The molecule has 58 valence electrons. The smallest absolute Gasteiger partial charge is 0.248 e. The second-order valence-electron chi connectivity index (χ2n) is 2.16. The van der Waals surface area contributed by atoms with Gasteiger partial charge in [-0.1, -0.05) is 0 Å². The molecule has 3 nitrogen and oxygen atoms in total. The molecular formula is C6H11NO2S. The fourth-order valence-electron chi connectivity index (χ4n) is 0.907. The molecule has 1 rings (SSSR count). The van der Waals surface area contributed by atoms with Gasteiger partial charge in [-0.25, -0.2) is 0 Å². The molecule has 0 N–H and O–H groups in total. The fourth-order valence-corrected chi connectivity index (χ4v) is 1.15. The Balaban J connectivity index is 2.32. The first-order valence-electron chi connectivity index (χ1n) is 3.31. The summed E-state index contributed by atoms with van der Waals surface area (Å²) in [5, 5.41) is 0. The van der Waals surface area contributed by atoms with Crippen LogP contribution in [0.4, 0.5) is 0 Å². The van der Waals surface area contributed by atoms with Crippen molar-refractivity contribution in [2.24, 2.45) is 0 Å². The molecule has 0 aromatic rings. The molecule has 10 heavy (non-hydrogen) atoms. The van der Waals surface area contributed by atoms with Crippen molar-refractivity contribution < 1.29 is 9.53 Å². The highest BCUT2D eigenvalue weighted by Gasteiger charge is 2.16. The molecule has 0 aromatic carbocycles. The van der Waals surface area contributed by atoms with Crippen molar-refractivity contribution >= 4 is 18.5 Å². The number of amides is 1. The van der Waals surface area contributed by atoms with E-state index in [9.17, 15) is 4.79 Å². The van der Waals surface area contributed by atoms with Gasteiger partial charge in [-0.05, 0) is 0 Å². The fraction of sp³-hybridized carbons (Fsp3) is 0.833. The largest absolute Gasteiger partial charge is 0.370 e. The number of thiol groups is 1. The van der Waals surface area contributed by atoms with Crippen LogP contribution in [0.5, 0.6) is 0 Å². The van der Waals surface area contributed by atoms with Crippen LogP contribution >= 0.6 is 12.6 Å². The van der Waals surface area contributed by atoms with Gasteiger partial charge in [0.2, 0.25) is 5.91 Å². The summed E-state index contributed by atoms with van der Waals surface area (Å²) in [5.74, 6) is 0.812. The molecule has 0 bridgehead atoms. The van der Waals surface area contributed by atoms with Crippen LogP contribution < -0.4 is 0 Å². The number of hydrogen-bond donors (Lipinski definition) is 1. The normalized spacial score (nSPS) is 19.7. The third-order valence-corrected chi connectivity index (χ3v) is 1.65. The van der Waals surface area contributed by atoms with Gasteiger partial charge in [-0.15, -0.1) is 0 Å². The Morgan fingerprint density at radius 2 is 2.50 bits per heavy atom. The van der Waals surface area contributed by atoms with Crippen LogP contribution in [0.1, 0.15) is 0 Å². The van der Waals surface area contributed by atoms with E-state index in [2.05, 4.69) is 12.6 Å². The number of hydrogen-bond acceptors (Lipinski definition) is 3. The number of rotatable bonds is 2. The molecular weight excluding hydrogens is 150 g/mol. The second-order valence-corrected chi connectivity index (χ2v) is 2.60. The van der Waals surface area contributed by atoms with Gasteiger partial charge in [-0.3, -0.25) is 4.79 Å². The predicted molar refractivity (Wildman–Crippen MR) is 41.3 cm³/mol. The summed E-state index contributed by atoms with van der Waals surface area (Å²) in [6.45, 7) is 2.37. The van der Waals surface area contributed by atoms with E-state index < -0.39 is 0 Å². The van der Waals surface area contributed by atoms with E-state index in [-0.39, 0.29) is 12.5 Å². The number of carbonyl (C=O) groups excluding carboxylic acids is 1. The molecule has 0 aromatic heterocycles. The van der Waals surface area contributed by atoms with Crippen molar-refractivity contribution in [1.29, 1.82) is 0 Å². The first kappa shape index (κ1) is 7.88. The lowest BCUT2D eigenvalue weighted by Crippen LogP contribution is -2.42. The van der Waals surface area contributed by atoms with Crippen molar-refractivity contribution in [2.45, 2.75) is 0 Å². The summed E-state index contributed by atoms with van der Waals surface area (Å²) in [6, 6.07) is 0. The van der Waals surface area contributed by atoms with Crippen LogP contribution in [-0.2, 0) is 9.53 Å². The van der Waals surface area contributed by atoms with Gasteiger partial charge in [0, 0.05) is 18.8 Å². The van der Waals surface area contributed by atoms with Crippen LogP contribution in [0.15, 0.2) is 0 Å². The third kappa shape index (κ3) is 1.88. The van der Waals surface area contributed by atoms with Gasteiger partial charge >= 0.3 is 0 Å². The third-order valence-electron chi connectivity index (χ3n) is 1.45. The van der Waals surface area contributed by atoms with Crippen LogP contribution in [0.25, 0.3) is 0 Å². The Labute approximate surface area is 65.7 Å². The minimum absolute atomic E-state index is 0.0836. The molecule has 0 spiro atoms. The molecule has 0 aliphatic carbocycles. The zero-order chi connectivity index (χ0) is 7.40. The van der Waals surface area contributed by atoms with Crippen molar-refractivity contribution in [1.82, 2.24) is 4.90 Å². The van der Waals surface area contributed by atoms with E-state index in [0.717, 1.165) is 18.8 Å². The van der Waals surface area contributed by atoms with E-state index >= 15 is 0 Å². The number of carbonyl (C=O) groups is 1. The Morgan fingerprint density at radius 3 is 3.10 bits per heavy atom. The van der Waals surface area contributed by atoms with Gasteiger partial charge in [0.1, 0.15) is 6.61 Å². The molecule has 1 aliphatic rings. The lowest BCUT2D eigenvalue weighted by molar-refractivity contribution is -0.142. The Bertz CT molecular complexity index is 127. The highest BCUT2D eigenvalue weighted by Crippen LogP contribution is 1.97. The highest BCUT2D eigenvalue weighted by molar-refractivity contribution is 7.80. The minimum Gasteiger partial charge on any atom is -0.370 e. The molecule has 1 heterocycles. The lowest BCUT2D eigenvalue weighted by atomic mass is 10.4. The Hall–Kier alpha value is -0.220. The predicted octanol–water partition coefficient (Wildman–Crippen LogP) is -0.225. The molecule has 1 amide bonds. The highest BCUT2D eigenvalue weighted by atomic mass is 32.1. The average molecular weight is 161 g/mol. The van der Waals surface area contributed by atoms with Crippen molar-refractivity contribution in [2.75, 3.05) is 32.1 Å². The quantitative estimate of drug-likeness (QED) is 0.567. The van der Waals surface area contributed by atoms with Crippen molar-refractivity contribution in [3.05, 3.63) is 0 Å². The molecule has 4 heteroatoms. The van der Waals surface area contributed by atoms with E-state index in [4.69, 9.17) is 4.74 Å². The topological polar surface area (TPSA) is 29.5 Å². The summed E-state index contributed by atoms with van der Waals surface area (Å²) in [4.78, 5) is 12.7. The summed E-state index contributed by atoms with van der Waals surface area (Å²) in [7, 11) is 0. The molecule has 0 saturated carbocycles. The van der Waals surface area contributed by atoms with Gasteiger partial charge in [0.05, 0.1) is 6.61 Å². The summed E-state index contributed by atoms with van der Waals surface area (Å²) in [5.41, 5.74) is 0. The number of nitrogens with zero attached hydrogens (tertiary/aromatic N) is 1. The maximum atomic E-state index is 11.0. The minimum atomic E-state index is 0.0836. The standard InChI is InChI=1S/C6H11NO2S/c8-6-5-9-3-1-7(6)2-4-10/h10H,1-5H2. The molecule has 1 fully saturated rings. The average Bonchev–Trinajstić information content (AvgIpc) is 1.94. The Morgan fingerprint density at radius 1 is 1.70 bits per heavy atom. The van der Waals surface area contributed by atoms with Crippen LogP contribution in [0.2, 0.25) is 0 Å². The van der Waals surface area contributed by atoms with Gasteiger partial charge < -0.3 is 9.64 Å². The molecule has 0 atom stereocenters. The Kier molecular flexibility index (Phi) is 3.02. The van der Waals surface area contributed by atoms with Gasteiger partial charge in [0.25, 0.3) is 0 Å². The second kappa shape index (κ2) is 3.83. The van der Waals surface area contributed by atoms with Crippen LogP contribution in [0.3, 0.4) is 0 Å². The zero-order valence-electron chi connectivity index (χ0n) is 5.75. The first-order chi connectivity index (χ1) is 4.84. The van der Waals surface area contributed by atoms with Gasteiger partial charge in [0.15, 0.2) is 0 Å². The monoisotopic (exact) mass is 161 g/mol. The summed E-state index contributed by atoms with van der Waals surface area (Å²) in [6.07, 6.45) is 0. The van der Waals surface area contributed by atoms with E-state index in [1.165, 1.54) is 0 Å². The number of ether oxygens (including phenoxy) is 1. The maximum Gasteiger partial charge on any atom is 0.248 e. The molecule has 0 unspecified atom stereocenters. The first-order valence-corrected chi connectivity index (χ1v) is 3.94. The molecule has 1 saturated heterocycles. The van der Waals surface area contributed by atoms with Gasteiger partial charge in [-0.2, -0.15) is 12.6 Å². The van der Waals surface area contributed by atoms with Crippen LogP contribution in [-0.4, -0.2) is 42.9 Å². The summed E-state index contributed by atoms with van der Waals surface area (Å²) >= 11 is 4.04. The van der Waals surface area contributed by atoms with E-state index in [1.807, 2.05) is 0 Å².